The molecule has 0 rings (SSSR count). The maximum absolute atomic E-state index is 10.1. The summed E-state index contributed by atoms with van der Waals surface area (Å²) >= 11 is 0. The highest BCUT2D eigenvalue weighted by Gasteiger charge is 2.08. The Morgan fingerprint density at radius 2 is 1.45 bits per heavy atom. The molecule has 0 unspecified atom stereocenters. The fraction of sp³-hybridized carbons (Fsp3) is 1.00. The first-order valence-corrected chi connectivity index (χ1v) is 4.64. The zero-order valence-corrected chi connectivity index (χ0v) is 8.15. The monoisotopic (exact) mass is 157 g/mol. The normalized spacial score (nSPS) is 12.0. The van der Waals surface area contributed by atoms with Crippen molar-refractivity contribution in [3.63, 3.8) is 0 Å². The maximum Gasteiger partial charge on any atom is 0.0822 e. The van der Waals surface area contributed by atoms with Crippen LogP contribution in [0.25, 0.3) is 0 Å². The van der Waals surface area contributed by atoms with Crippen LogP contribution in [0.4, 0.5) is 0 Å². The molecule has 0 N–H and O–H groups in total. The average molecular weight is 157 g/mol. The van der Waals surface area contributed by atoms with Gasteiger partial charge in [0.05, 0.1) is 6.61 Å². The lowest BCUT2D eigenvalue weighted by Gasteiger charge is -2.17. The number of rotatable bonds is 5. The molecule has 1 radical (unpaired) electrons. The van der Waals surface area contributed by atoms with Gasteiger partial charge in [0.25, 0.3) is 0 Å². The summed E-state index contributed by atoms with van der Waals surface area (Å²) in [7, 11) is 0. The van der Waals surface area contributed by atoms with E-state index in [0.717, 1.165) is 12.8 Å². The third kappa shape index (κ3) is 9.96. The molecular formula is C10H21O. The van der Waals surface area contributed by atoms with Crippen molar-refractivity contribution < 1.29 is 5.11 Å². The van der Waals surface area contributed by atoms with Crippen LogP contribution in [-0.2, 0) is 5.11 Å². The Kier molecular flexibility index (Phi) is 5.57. The zero-order valence-electron chi connectivity index (χ0n) is 8.15. The third-order valence-corrected chi connectivity index (χ3v) is 1.82. The lowest BCUT2D eigenvalue weighted by Crippen LogP contribution is -2.03. The molecule has 0 spiro atoms. The van der Waals surface area contributed by atoms with Gasteiger partial charge in [-0.2, -0.15) is 0 Å². The molecule has 0 heterocycles. The Bertz CT molecular complexity index is 81.4. The van der Waals surface area contributed by atoms with Crippen molar-refractivity contribution in [2.45, 2.75) is 52.9 Å². The van der Waals surface area contributed by atoms with Crippen molar-refractivity contribution >= 4 is 0 Å². The van der Waals surface area contributed by atoms with E-state index >= 15 is 0 Å². The van der Waals surface area contributed by atoms with Gasteiger partial charge >= 0.3 is 0 Å². The lowest BCUT2D eigenvalue weighted by molar-refractivity contribution is 0.185. The highest BCUT2D eigenvalue weighted by molar-refractivity contribution is 4.60. The first-order chi connectivity index (χ1) is 5.06. The van der Waals surface area contributed by atoms with E-state index in [1.165, 1.54) is 19.3 Å². The minimum atomic E-state index is 0.107. The van der Waals surface area contributed by atoms with Crippen molar-refractivity contribution in [3.8, 4) is 0 Å². The molecule has 0 aliphatic rings. The van der Waals surface area contributed by atoms with E-state index in [1.54, 1.807) is 0 Å². The molecule has 67 valence electrons. The van der Waals surface area contributed by atoms with Gasteiger partial charge in [0, 0.05) is 0 Å². The van der Waals surface area contributed by atoms with Gasteiger partial charge in [-0.1, -0.05) is 40.0 Å². The molecule has 1 nitrogen and oxygen atoms in total. The van der Waals surface area contributed by atoms with E-state index in [-0.39, 0.29) is 6.61 Å². The van der Waals surface area contributed by atoms with Gasteiger partial charge in [0.2, 0.25) is 0 Å². The molecule has 0 bridgehead atoms. The predicted molar refractivity (Wildman–Crippen MR) is 48.1 cm³/mol. The molecule has 11 heavy (non-hydrogen) atoms. The molecule has 0 aromatic carbocycles. The van der Waals surface area contributed by atoms with E-state index in [9.17, 15) is 5.11 Å². The summed E-state index contributed by atoms with van der Waals surface area (Å²) in [6, 6.07) is 0. The first kappa shape index (κ1) is 11.0. The Hall–Kier alpha value is -0.0400. The van der Waals surface area contributed by atoms with Crippen LogP contribution < -0.4 is 0 Å². The van der Waals surface area contributed by atoms with Crippen LogP contribution in [0.5, 0.6) is 0 Å². The van der Waals surface area contributed by atoms with Gasteiger partial charge in [-0.25, -0.2) is 5.11 Å². The second-order valence-electron chi connectivity index (χ2n) is 4.43. The highest BCUT2D eigenvalue weighted by Crippen LogP contribution is 2.22. The van der Waals surface area contributed by atoms with Gasteiger partial charge < -0.3 is 0 Å². The van der Waals surface area contributed by atoms with Crippen molar-refractivity contribution in [1.82, 2.24) is 0 Å². The summed E-state index contributed by atoms with van der Waals surface area (Å²) in [5, 5.41) is 10.1. The number of hydrogen-bond acceptors (Lipinski definition) is 0. The summed E-state index contributed by atoms with van der Waals surface area (Å²) in [4.78, 5) is 0. The third-order valence-electron chi connectivity index (χ3n) is 1.82. The Balaban J connectivity index is 3.02. The highest BCUT2D eigenvalue weighted by atomic mass is 16.2. The van der Waals surface area contributed by atoms with Crippen LogP contribution in [0, 0.1) is 5.41 Å². The van der Waals surface area contributed by atoms with Crippen LogP contribution in [-0.4, -0.2) is 6.61 Å². The second kappa shape index (κ2) is 5.59. The van der Waals surface area contributed by atoms with Gasteiger partial charge in [-0.3, -0.25) is 0 Å². The van der Waals surface area contributed by atoms with Crippen LogP contribution in [0.3, 0.4) is 0 Å². The van der Waals surface area contributed by atoms with E-state index in [0.29, 0.717) is 5.41 Å². The van der Waals surface area contributed by atoms with Gasteiger partial charge in [-0.05, 0) is 18.3 Å². The Labute approximate surface area is 70.8 Å². The number of unbranched alkanes of at least 4 members (excludes halogenated alkanes) is 3. The van der Waals surface area contributed by atoms with E-state index < -0.39 is 0 Å². The lowest BCUT2D eigenvalue weighted by atomic mass is 9.89. The largest absolute Gasteiger partial charge is 0.237 e. The van der Waals surface area contributed by atoms with Crippen molar-refractivity contribution in [3.05, 3.63) is 0 Å². The summed E-state index contributed by atoms with van der Waals surface area (Å²) in [5.74, 6) is 0. The molecule has 0 aliphatic heterocycles. The van der Waals surface area contributed by atoms with Gasteiger partial charge in [0.1, 0.15) is 0 Å². The van der Waals surface area contributed by atoms with Crippen molar-refractivity contribution in [2.75, 3.05) is 6.61 Å². The zero-order chi connectivity index (χ0) is 8.74. The molecule has 0 saturated heterocycles. The molecule has 0 aliphatic carbocycles. The molecule has 0 aromatic heterocycles. The van der Waals surface area contributed by atoms with E-state index in [1.807, 2.05) is 0 Å². The standard InChI is InChI=1S/C10H21O/c1-10(2,3)8-6-4-5-7-9-11/h4-9H2,1-3H3. The predicted octanol–water partition coefficient (Wildman–Crippen LogP) is 3.41. The minimum absolute atomic E-state index is 0.107. The summed E-state index contributed by atoms with van der Waals surface area (Å²) in [6.45, 7) is 6.90. The van der Waals surface area contributed by atoms with E-state index in [4.69, 9.17) is 0 Å². The fourth-order valence-electron chi connectivity index (χ4n) is 1.11. The molecule has 1 heteroatoms. The summed E-state index contributed by atoms with van der Waals surface area (Å²) in [6.07, 6.45) is 5.79. The average Bonchev–Trinajstić information content (AvgIpc) is 1.85. The molecule has 0 fully saturated rings. The maximum atomic E-state index is 10.1. The quantitative estimate of drug-likeness (QED) is 0.545. The summed E-state index contributed by atoms with van der Waals surface area (Å²) in [5.41, 5.74) is 0.470. The van der Waals surface area contributed by atoms with Crippen molar-refractivity contribution in [2.24, 2.45) is 5.41 Å². The van der Waals surface area contributed by atoms with Crippen LogP contribution >= 0.6 is 0 Å². The van der Waals surface area contributed by atoms with Gasteiger partial charge in [-0.15, -0.1) is 0 Å². The SMILES string of the molecule is CC(C)(C)CCCCCC[O]. The van der Waals surface area contributed by atoms with Crippen LogP contribution in [0.1, 0.15) is 52.9 Å². The van der Waals surface area contributed by atoms with Gasteiger partial charge in [0.15, 0.2) is 0 Å². The Morgan fingerprint density at radius 3 is 1.91 bits per heavy atom. The molecule has 0 saturated carbocycles. The minimum Gasteiger partial charge on any atom is -0.237 e. The fourth-order valence-corrected chi connectivity index (χ4v) is 1.11. The van der Waals surface area contributed by atoms with Crippen molar-refractivity contribution in [1.29, 1.82) is 0 Å². The first-order valence-electron chi connectivity index (χ1n) is 4.64. The number of hydrogen-bond donors (Lipinski definition) is 0. The molecule has 0 amide bonds. The molecule has 0 aromatic rings. The van der Waals surface area contributed by atoms with Crippen LogP contribution in [0.15, 0.2) is 0 Å². The van der Waals surface area contributed by atoms with Crippen LogP contribution in [0.2, 0.25) is 0 Å². The van der Waals surface area contributed by atoms with E-state index in [2.05, 4.69) is 20.8 Å². The smallest absolute Gasteiger partial charge is 0.0822 e. The molecule has 0 atom stereocenters. The molecular weight excluding hydrogens is 136 g/mol. The Morgan fingerprint density at radius 1 is 0.909 bits per heavy atom. The second-order valence-corrected chi connectivity index (χ2v) is 4.43. The topological polar surface area (TPSA) is 19.9 Å². The summed E-state index contributed by atoms with van der Waals surface area (Å²) < 4.78 is 0.